The normalized spacial score (nSPS) is 12.5. The lowest BCUT2D eigenvalue weighted by atomic mass is 9.81. The van der Waals surface area contributed by atoms with Crippen molar-refractivity contribution in [3.05, 3.63) is 39.7 Å². The molecule has 144 valence electrons. The van der Waals surface area contributed by atoms with Crippen LogP contribution in [0.1, 0.15) is 54.0 Å². The fraction of sp³-hybridized carbons (Fsp3) is 0.556. The van der Waals surface area contributed by atoms with Gasteiger partial charge in [-0.05, 0) is 60.1 Å². The average molecular weight is 369 g/mol. The van der Waals surface area contributed by atoms with E-state index in [0.717, 1.165) is 18.2 Å². The monoisotopic (exact) mass is 369 g/mol. The first-order valence-corrected chi connectivity index (χ1v) is 7.99. The average Bonchev–Trinajstić information content (AvgIpc) is 2.41. The number of ether oxygens (including phenoxy) is 2. The number of hydrogen-bond acceptors (Lipinski definition) is 6. The van der Waals surface area contributed by atoms with Crippen LogP contribution in [0.15, 0.2) is 18.2 Å². The van der Waals surface area contributed by atoms with Crippen LogP contribution in [0.5, 0.6) is 0 Å². The number of carbonyl (C=O) groups is 2. The third-order valence-corrected chi connectivity index (χ3v) is 3.34. The minimum Gasteiger partial charge on any atom is -0.459 e. The number of hydrogen-bond donors (Lipinski definition) is 0. The van der Waals surface area contributed by atoms with Gasteiger partial charge in [0, 0.05) is 6.07 Å². The van der Waals surface area contributed by atoms with Crippen LogP contribution < -0.4 is 0 Å². The number of nitro groups is 1. The number of benzene rings is 1. The third-order valence-electron chi connectivity index (χ3n) is 3.34. The van der Waals surface area contributed by atoms with Crippen molar-refractivity contribution in [2.75, 3.05) is 0 Å². The van der Waals surface area contributed by atoms with Crippen molar-refractivity contribution in [2.24, 2.45) is 0 Å². The van der Waals surface area contributed by atoms with E-state index < -0.39 is 45.0 Å². The quantitative estimate of drug-likeness (QED) is 0.348. The zero-order chi connectivity index (χ0) is 20.5. The maximum absolute atomic E-state index is 14.1. The molecule has 0 amide bonds. The summed E-state index contributed by atoms with van der Waals surface area (Å²) in [6.45, 7) is 11.0. The van der Waals surface area contributed by atoms with E-state index in [4.69, 9.17) is 9.47 Å². The van der Waals surface area contributed by atoms with Crippen LogP contribution in [0, 0.1) is 15.9 Å². The van der Waals surface area contributed by atoms with Crippen LogP contribution in [0.3, 0.4) is 0 Å². The van der Waals surface area contributed by atoms with Gasteiger partial charge in [0.15, 0.2) is 5.41 Å². The Balaban J connectivity index is 3.50. The van der Waals surface area contributed by atoms with Gasteiger partial charge in [0.1, 0.15) is 11.2 Å². The van der Waals surface area contributed by atoms with Crippen LogP contribution in [-0.2, 0) is 24.5 Å². The maximum Gasteiger partial charge on any atom is 0.328 e. The van der Waals surface area contributed by atoms with Crippen LogP contribution in [0.4, 0.5) is 10.1 Å². The molecule has 0 atom stereocenters. The van der Waals surface area contributed by atoms with Gasteiger partial charge in [-0.15, -0.1) is 0 Å². The van der Waals surface area contributed by atoms with E-state index in [-0.39, 0.29) is 5.56 Å². The van der Waals surface area contributed by atoms with E-state index in [1.54, 1.807) is 41.5 Å². The van der Waals surface area contributed by atoms with Gasteiger partial charge in [-0.25, -0.2) is 0 Å². The molecule has 0 spiro atoms. The second-order valence-electron chi connectivity index (χ2n) is 8.05. The highest BCUT2D eigenvalue weighted by Gasteiger charge is 2.49. The lowest BCUT2D eigenvalue weighted by Crippen LogP contribution is -2.48. The van der Waals surface area contributed by atoms with E-state index in [9.17, 15) is 24.1 Å². The van der Waals surface area contributed by atoms with Crippen LogP contribution in [0.2, 0.25) is 0 Å². The maximum atomic E-state index is 14.1. The van der Waals surface area contributed by atoms with Crippen LogP contribution in [-0.4, -0.2) is 28.1 Å². The van der Waals surface area contributed by atoms with Gasteiger partial charge in [-0.3, -0.25) is 19.7 Å². The molecule has 1 aromatic carbocycles. The lowest BCUT2D eigenvalue weighted by molar-refractivity contribution is -0.387. The molecular weight excluding hydrogens is 345 g/mol. The summed E-state index contributed by atoms with van der Waals surface area (Å²) in [7, 11) is 0. The Morgan fingerprint density at radius 3 is 1.69 bits per heavy atom. The fourth-order valence-electron chi connectivity index (χ4n) is 2.05. The van der Waals surface area contributed by atoms with E-state index in [1.165, 1.54) is 6.92 Å². The molecule has 0 saturated heterocycles. The predicted molar refractivity (Wildman–Crippen MR) is 92.1 cm³/mol. The molecule has 0 unspecified atom stereocenters. The smallest absolute Gasteiger partial charge is 0.328 e. The summed E-state index contributed by atoms with van der Waals surface area (Å²) in [6.07, 6.45) is 0. The summed E-state index contributed by atoms with van der Waals surface area (Å²) in [5.74, 6) is -3.04. The van der Waals surface area contributed by atoms with Crippen molar-refractivity contribution in [3.63, 3.8) is 0 Å². The van der Waals surface area contributed by atoms with Gasteiger partial charge in [-0.2, -0.15) is 4.39 Å². The van der Waals surface area contributed by atoms with E-state index in [1.807, 2.05) is 0 Å². The van der Waals surface area contributed by atoms with Crippen molar-refractivity contribution in [1.29, 1.82) is 0 Å². The summed E-state index contributed by atoms with van der Waals surface area (Å²) in [5.41, 5.74) is -4.65. The highest BCUT2D eigenvalue weighted by Crippen LogP contribution is 2.33. The number of nitrogens with zero attached hydrogens (tertiary/aromatic N) is 1. The van der Waals surface area contributed by atoms with Gasteiger partial charge in [0.25, 0.3) is 0 Å². The first kappa shape index (κ1) is 21.5. The number of halogens is 1. The second-order valence-corrected chi connectivity index (χ2v) is 8.05. The summed E-state index contributed by atoms with van der Waals surface area (Å²) in [4.78, 5) is 35.4. The van der Waals surface area contributed by atoms with Crippen LogP contribution >= 0.6 is 0 Å². The molecule has 1 aromatic rings. The zero-order valence-corrected chi connectivity index (χ0v) is 16.0. The number of esters is 2. The van der Waals surface area contributed by atoms with Crippen molar-refractivity contribution in [3.8, 4) is 0 Å². The topological polar surface area (TPSA) is 95.7 Å². The standard InChI is InChI=1S/C18H24FNO6/c1-16(2,3)25-14(21)18(7,15(22)26-17(4,5)6)11-8-9-13(20(23)24)12(19)10-11/h8-10H,1-7H3. The molecule has 1 rings (SSSR count). The molecule has 0 heterocycles. The van der Waals surface area contributed by atoms with Crippen molar-refractivity contribution in [1.82, 2.24) is 0 Å². The molecule has 0 fully saturated rings. The first-order chi connectivity index (χ1) is 11.6. The predicted octanol–water partition coefficient (Wildman–Crippen LogP) is 3.68. The Morgan fingerprint density at radius 2 is 1.38 bits per heavy atom. The molecule has 0 aliphatic heterocycles. The number of rotatable bonds is 4. The molecule has 0 saturated carbocycles. The molecule has 26 heavy (non-hydrogen) atoms. The summed E-state index contributed by atoms with van der Waals surface area (Å²) < 4.78 is 24.7. The molecule has 0 aliphatic rings. The third kappa shape index (κ3) is 5.00. The Morgan fingerprint density at radius 1 is 0.962 bits per heavy atom. The SMILES string of the molecule is CC(C)(C)OC(=O)C(C)(C(=O)OC(C)(C)C)c1ccc([N+](=O)[O-])c(F)c1. The Bertz CT molecular complexity index is 702. The Kier molecular flexibility index (Phi) is 5.81. The summed E-state index contributed by atoms with van der Waals surface area (Å²) >= 11 is 0. The minimum atomic E-state index is -1.99. The highest BCUT2D eigenvalue weighted by molar-refractivity contribution is 6.06. The Hall–Kier alpha value is -2.51. The van der Waals surface area contributed by atoms with E-state index in [0.29, 0.717) is 0 Å². The van der Waals surface area contributed by atoms with E-state index >= 15 is 0 Å². The Labute approximate surface area is 151 Å². The van der Waals surface area contributed by atoms with E-state index in [2.05, 4.69) is 0 Å². The van der Waals surface area contributed by atoms with Gasteiger partial charge >= 0.3 is 17.6 Å². The highest BCUT2D eigenvalue weighted by atomic mass is 19.1. The van der Waals surface area contributed by atoms with Crippen molar-refractivity contribution >= 4 is 17.6 Å². The first-order valence-electron chi connectivity index (χ1n) is 7.99. The molecule has 0 bridgehead atoms. The molecule has 0 aromatic heterocycles. The lowest BCUT2D eigenvalue weighted by Gasteiger charge is -2.32. The zero-order valence-electron chi connectivity index (χ0n) is 16.0. The summed E-state index contributed by atoms with van der Waals surface area (Å²) in [5, 5.41) is 10.8. The summed E-state index contributed by atoms with van der Waals surface area (Å²) in [6, 6.07) is 2.83. The van der Waals surface area contributed by atoms with Crippen molar-refractivity contribution < 1.29 is 28.4 Å². The minimum absolute atomic E-state index is 0.0934. The number of carbonyl (C=O) groups excluding carboxylic acids is 2. The van der Waals surface area contributed by atoms with Crippen molar-refractivity contribution in [2.45, 2.75) is 65.1 Å². The molecule has 0 N–H and O–H groups in total. The molecular formula is C18H24FNO6. The van der Waals surface area contributed by atoms with Gasteiger partial charge in [0.05, 0.1) is 4.92 Å². The van der Waals surface area contributed by atoms with Gasteiger partial charge in [0.2, 0.25) is 5.82 Å². The molecule has 8 heteroatoms. The van der Waals surface area contributed by atoms with Crippen LogP contribution in [0.25, 0.3) is 0 Å². The molecule has 0 aliphatic carbocycles. The van der Waals surface area contributed by atoms with Gasteiger partial charge in [-0.1, -0.05) is 6.07 Å². The molecule has 7 nitrogen and oxygen atoms in total. The largest absolute Gasteiger partial charge is 0.459 e. The van der Waals surface area contributed by atoms with Gasteiger partial charge < -0.3 is 9.47 Å². The number of nitro benzene ring substituents is 1. The second kappa shape index (κ2) is 7.01. The molecule has 0 radical (unpaired) electrons. The fourth-order valence-corrected chi connectivity index (χ4v) is 2.05.